The molecule has 0 aliphatic rings. The van der Waals surface area contributed by atoms with Crippen LogP contribution in [0.25, 0.3) is 5.69 Å². The molecular formula is C16H13ClFN3. The number of rotatable bonds is 4. The number of nitrogens with one attached hydrogen (secondary N) is 1. The number of nitrogens with zero attached hydrogens (tertiary/aromatic N) is 2. The first-order valence-corrected chi connectivity index (χ1v) is 6.89. The van der Waals surface area contributed by atoms with Gasteiger partial charge >= 0.3 is 0 Å². The zero-order chi connectivity index (χ0) is 14.7. The average molecular weight is 302 g/mol. The van der Waals surface area contributed by atoms with Gasteiger partial charge in [0.1, 0.15) is 5.82 Å². The SMILES string of the molecule is Fc1c(Cl)cccc1CNc1cccc(-n2cccn2)c1. The second-order valence-corrected chi connectivity index (χ2v) is 4.97. The molecule has 5 heteroatoms. The van der Waals surface area contributed by atoms with Crippen LogP contribution in [0.15, 0.2) is 60.9 Å². The van der Waals surface area contributed by atoms with Crippen molar-refractivity contribution in [3.05, 3.63) is 77.3 Å². The first-order valence-electron chi connectivity index (χ1n) is 6.51. The maximum Gasteiger partial charge on any atom is 0.146 e. The van der Waals surface area contributed by atoms with Crippen molar-refractivity contribution in [2.45, 2.75) is 6.54 Å². The summed E-state index contributed by atoms with van der Waals surface area (Å²) in [6.45, 7) is 0.370. The first-order chi connectivity index (χ1) is 10.2. The smallest absolute Gasteiger partial charge is 0.146 e. The summed E-state index contributed by atoms with van der Waals surface area (Å²) in [7, 11) is 0. The van der Waals surface area contributed by atoms with Gasteiger partial charge in [0.05, 0.1) is 10.7 Å². The van der Waals surface area contributed by atoms with Gasteiger partial charge in [-0.15, -0.1) is 0 Å². The summed E-state index contributed by atoms with van der Waals surface area (Å²) in [4.78, 5) is 0. The largest absolute Gasteiger partial charge is 0.381 e. The number of aromatic nitrogens is 2. The van der Waals surface area contributed by atoms with Gasteiger partial charge in [-0.05, 0) is 30.3 Å². The van der Waals surface area contributed by atoms with Crippen LogP contribution in [0.4, 0.5) is 10.1 Å². The Labute approximate surface area is 127 Å². The molecule has 1 heterocycles. The monoisotopic (exact) mass is 301 g/mol. The molecule has 0 fully saturated rings. The van der Waals surface area contributed by atoms with Crippen LogP contribution in [0, 0.1) is 5.82 Å². The molecule has 3 aromatic rings. The molecule has 0 unspecified atom stereocenters. The summed E-state index contributed by atoms with van der Waals surface area (Å²) in [6.07, 6.45) is 3.59. The van der Waals surface area contributed by atoms with Crippen molar-refractivity contribution in [3.63, 3.8) is 0 Å². The molecule has 0 aliphatic heterocycles. The third kappa shape index (κ3) is 3.06. The van der Waals surface area contributed by atoms with Crippen molar-refractivity contribution < 1.29 is 4.39 Å². The van der Waals surface area contributed by atoms with Crippen LogP contribution in [-0.2, 0) is 6.54 Å². The minimum Gasteiger partial charge on any atom is -0.381 e. The number of benzene rings is 2. The van der Waals surface area contributed by atoms with E-state index in [1.54, 1.807) is 29.1 Å². The van der Waals surface area contributed by atoms with Crippen LogP contribution >= 0.6 is 11.6 Å². The third-order valence-electron chi connectivity index (χ3n) is 3.13. The second-order valence-electron chi connectivity index (χ2n) is 4.57. The number of hydrogen-bond donors (Lipinski definition) is 1. The summed E-state index contributed by atoms with van der Waals surface area (Å²) in [5.41, 5.74) is 2.37. The van der Waals surface area contributed by atoms with Crippen LogP contribution < -0.4 is 5.32 Å². The topological polar surface area (TPSA) is 29.9 Å². The molecule has 1 N–H and O–H groups in total. The van der Waals surface area contributed by atoms with E-state index in [1.165, 1.54) is 0 Å². The van der Waals surface area contributed by atoms with Crippen LogP contribution in [-0.4, -0.2) is 9.78 Å². The van der Waals surface area contributed by atoms with Gasteiger partial charge in [0, 0.05) is 30.2 Å². The van der Waals surface area contributed by atoms with Crippen molar-refractivity contribution in [3.8, 4) is 5.69 Å². The second kappa shape index (κ2) is 5.97. The summed E-state index contributed by atoms with van der Waals surface area (Å²) in [6, 6.07) is 14.6. The highest BCUT2D eigenvalue weighted by Crippen LogP contribution is 2.20. The van der Waals surface area contributed by atoms with Crippen molar-refractivity contribution >= 4 is 17.3 Å². The Kier molecular flexibility index (Phi) is 3.88. The van der Waals surface area contributed by atoms with E-state index in [9.17, 15) is 4.39 Å². The molecule has 106 valence electrons. The highest BCUT2D eigenvalue weighted by molar-refractivity contribution is 6.30. The van der Waals surface area contributed by atoms with Gasteiger partial charge in [-0.1, -0.05) is 29.8 Å². The fourth-order valence-corrected chi connectivity index (χ4v) is 2.26. The Morgan fingerprint density at radius 3 is 2.81 bits per heavy atom. The van der Waals surface area contributed by atoms with Gasteiger partial charge in [0.25, 0.3) is 0 Å². The molecule has 3 rings (SSSR count). The number of hydrogen-bond acceptors (Lipinski definition) is 2. The summed E-state index contributed by atoms with van der Waals surface area (Å²) in [5, 5.41) is 7.51. The van der Waals surface area contributed by atoms with Gasteiger partial charge in [-0.2, -0.15) is 5.10 Å². The standard InChI is InChI=1S/C16H13ClFN3/c17-15-7-1-4-12(16(15)18)11-19-13-5-2-6-14(10-13)21-9-3-8-20-21/h1-10,19H,11H2. The molecule has 0 amide bonds. The summed E-state index contributed by atoms with van der Waals surface area (Å²) in [5.74, 6) is -0.380. The Balaban J connectivity index is 1.77. The quantitative estimate of drug-likeness (QED) is 0.779. The Morgan fingerprint density at radius 2 is 2.00 bits per heavy atom. The van der Waals surface area contributed by atoms with Crippen molar-refractivity contribution in [2.24, 2.45) is 0 Å². The van der Waals surface area contributed by atoms with E-state index in [-0.39, 0.29) is 10.8 Å². The van der Waals surface area contributed by atoms with Crippen molar-refractivity contribution in [2.75, 3.05) is 5.32 Å². The average Bonchev–Trinajstić information content (AvgIpc) is 3.03. The lowest BCUT2D eigenvalue weighted by Crippen LogP contribution is -2.03. The molecule has 0 atom stereocenters. The zero-order valence-corrected chi connectivity index (χ0v) is 11.9. The van der Waals surface area contributed by atoms with E-state index in [2.05, 4.69) is 10.4 Å². The predicted molar refractivity (Wildman–Crippen MR) is 82.3 cm³/mol. The lowest BCUT2D eigenvalue weighted by atomic mass is 10.2. The third-order valence-corrected chi connectivity index (χ3v) is 3.42. The fourth-order valence-electron chi connectivity index (χ4n) is 2.06. The van der Waals surface area contributed by atoms with Gasteiger partial charge < -0.3 is 5.32 Å². The molecule has 0 radical (unpaired) electrons. The maximum absolute atomic E-state index is 13.8. The first kappa shape index (κ1) is 13.6. The van der Waals surface area contributed by atoms with Crippen LogP contribution in [0.2, 0.25) is 5.02 Å². The molecule has 0 spiro atoms. The minimum atomic E-state index is -0.380. The maximum atomic E-state index is 13.8. The zero-order valence-electron chi connectivity index (χ0n) is 11.1. The molecule has 0 bridgehead atoms. The van der Waals surface area contributed by atoms with E-state index in [0.29, 0.717) is 12.1 Å². The Hall–Kier alpha value is -2.33. The van der Waals surface area contributed by atoms with Crippen LogP contribution in [0.1, 0.15) is 5.56 Å². The summed E-state index contributed by atoms with van der Waals surface area (Å²) >= 11 is 5.77. The molecule has 0 saturated carbocycles. The molecule has 0 aliphatic carbocycles. The molecule has 0 saturated heterocycles. The van der Waals surface area contributed by atoms with Crippen molar-refractivity contribution in [1.82, 2.24) is 9.78 Å². The van der Waals surface area contributed by atoms with Gasteiger partial charge in [0.2, 0.25) is 0 Å². The number of anilines is 1. The van der Waals surface area contributed by atoms with Crippen molar-refractivity contribution in [1.29, 1.82) is 0 Å². The number of halogens is 2. The van der Waals surface area contributed by atoms with Crippen LogP contribution in [0.3, 0.4) is 0 Å². The normalized spacial score (nSPS) is 10.6. The fraction of sp³-hybridized carbons (Fsp3) is 0.0625. The van der Waals surface area contributed by atoms with E-state index in [4.69, 9.17) is 11.6 Å². The van der Waals surface area contributed by atoms with E-state index >= 15 is 0 Å². The highest BCUT2D eigenvalue weighted by Gasteiger charge is 2.06. The minimum absolute atomic E-state index is 0.139. The van der Waals surface area contributed by atoms with E-state index in [0.717, 1.165) is 11.4 Å². The van der Waals surface area contributed by atoms with Gasteiger partial charge in [-0.3, -0.25) is 0 Å². The van der Waals surface area contributed by atoms with Gasteiger partial charge in [0.15, 0.2) is 0 Å². The molecular weight excluding hydrogens is 289 g/mol. The van der Waals surface area contributed by atoms with E-state index < -0.39 is 0 Å². The molecule has 2 aromatic carbocycles. The Bertz CT molecular complexity index is 741. The molecule has 21 heavy (non-hydrogen) atoms. The Morgan fingerprint density at radius 1 is 1.14 bits per heavy atom. The van der Waals surface area contributed by atoms with E-state index in [1.807, 2.05) is 36.5 Å². The lowest BCUT2D eigenvalue weighted by molar-refractivity contribution is 0.613. The summed E-state index contributed by atoms with van der Waals surface area (Å²) < 4.78 is 15.6. The lowest BCUT2D eigenvalue weighted by Gasteiger charge is -2.10. The molecule has 1 aromatic heterocycles. The predicted octanol–water partition coefficient (Wildman–Crippen LogP) is 4.28. The van der Waals surface area contributed by atoms with Crippen LogP contribution in [0.5, 0.6) is 0 Å². The van der Waals surface area contributed by atoms with Gasteiger partial charge in [-0.25, -0.2) is 9.07 Å². The molecule has 3 nitrogen and oxygen atoms in total. The highest BCUT2D eigenvalue weighted by atomic mass is 35.5.